The summed E-state index contributed by atoms with van der Waals surface area (Å²) in [6.45, 7) is 32.3. The van der Waals surface area contributed by atoms with Crippen LogP contribution >= 0.6 is 112 Å². The van der Waals surface area contributed by atoms with E-state index >= 15 is 0 Å². The first-order valence-corrected chi connectivity index (χ1v) is 21.9. The number of benzene rings is 2. The lowest BCUT2D eigenvalue weighted by molar-refractivity contribution is 0.524. The van der Waals surface area contributed by atoms with Crippen molar-refractivity contribution in [1.82, 2.24) is 47.9 Å². The minimum absolute atomic E-state index is 0. The maximum atomic E-state index is 3.72. The molecule has 0 fully saturated rings. The van der Waals surface area contributed by atoms with E-state index in [0.29, 0.717) is 0 Å². The highest BCUT2D eigenvalue weighted by Crippen LogP contribution is 2.24. The lowest BCUT2D eigenvalue weighted by atomic mass is 9.98. The summed E-state index contributed by atoms with van der Waals surface area (Å²) in [5.74, 6) is 2.15. The quantitative estimate of drug-likeness (QED) is 0.0307. The zero-order valence-electron chi connectivity index (χ0n) is 39.4. The van der Waals surface area contributed by atoms with Crippen LogP contribution in [0.4, 0.5) is 0 Å². The fourth-order valence-electron chi connectivity index (χ4n) is 6.27. The van der Waals surface area contributed by atoms with E-state index in [1.165, 1.54) is 47.1 Å². The van der Waals surface area contributed by atoms with Crippen molar-refractivity contribution in [3.8, 4) is 11.1 Å². The topological polar surface area (TPSA) is 108 Å². The van der Waals surface area contributed by atoms with E-state index in [9.17, 15) is 0 Å². The number of hydrogen-bond acceptors (Lipinski definition) is 9. The van der Waals surface area contributed by atoms with Gasteiger partial charge in [-0.05, 0) is 200 Å². The zero-order valence-corrected chi connectivity index (χ0v) is 46.8. The van der Waals surface area contributed by atoms with E-state index in [1.807, 2.05) is 0 Å². The minimum Gasteiger partial charge on any atom is -0.317 e. The van der Waals surface area contributed by atoms with Crippen molar-refractivity contribution >= 4 is 112 Å². The van der Waals surface area contributed by atoms with Crippen molar-refractivity contribution in [3.63, 3.8) is 0 Å². The molecule has 0 unspecified atom stereocenters. The van der Waals surface area contributed by atoms with Crippen LogP contribution in [0.1, 0.15) is 96.8 Å². The highest BCUT2D eigenvalue weighted by atomic mass is 35.5. The van der Waals surface area contributed by atoms with Crippen LogP contribution in [0.25, 0.3) is 11.1 Å². The molecule has 63 heavy (non-hydrogen) atoms. The molecule has 2 rings (SSSR count). The van der Waals surface area contributed by atoms with E-state index < -0.39 is 0 Å². The molecule has 2 aromatic carbocycles. The molecule has 0 aliphatic rings. The molecule has 0 bridgehead atoms. The summed E-state index contributed by atoms with van der Waals surface area (Å²) in [7, 11) is 0. The van der Waals surface area contributed by atoms with Gasteiger partial charge in [-0.2, -0.15) is 0 Å². The van der Waals surface area contributed by atoms with Crippen molar-refractivity contribution in [3.05, 3.63) is 59.2 Å². The Balaban J connectivity index is -0.000000560. The molecule has 0 atom stereocenters. The molecule has 2 aromatic rings. The average molecular weight is 1080 g/mol. The van der Waals surface area contributed by atoms with Crippen molar-refractivity contribution in [2.45, 2.75) is 99.7 Å². The summed E-state index contributed by atoms with van der Waals surface area (Å²) in [4.78, 5) is 0. The molecule has 9 N–H and O–H groups in total. The van der Waals surface area contributed by atoms with Crippen molar-refractivity contribution in [2.24, 2.45) is 17.8 Å². The third-order valence-electron chi connectivity index (χ3n) is 9.20. The molecule has 0 saturated carbocycles. The first-order valence-electron chi connectivity index (χ1n) is 21.9. The third-order valence-corrected chi connectivity index (χ3v) is 9.20. The van der Waals surface area contributed by atoms with Crippen LogP contribution in [-0.2, 0) is 19.6 Å². The number of hydrogen-bond donors (Lipinski definition) is 9. The molecule has 0 heterocycles. The van der Waals surface area contributed by atoms with Gasteiger partial charge in [-0.1, -0.05) is 65.8 Å². The van der Waals surface area contributed by atoms with Gasteiger partial charge in [-0.15, -0.1) is 112 Å². The Kier molecular flexibility index (Phi) is 73.0. The Morgan fingerprint density at radius 1 is 0.302 bits per heavy atom. The highest BCUT2D eigenvalue weighted by molar-refractivity contribution is 5.86. The van der Waals surface area contributed by atoms with E-state index in [-0.39, 0.29) is 112 Å². The van der Waals surface area contributed by atoms with Crippen molar-refractivity contribution in [2.75, 3.05) is 98.2 Å². The van der Waals surface area contributed by atoms with Gasteiger partial charge in [0, 0.05) is 19.6 Å². The van der Waals surface area contributed by atoms with E-state index in [0.717, 1.165) is 155 Å². The summed E-state index contributed by atoms with van der Waals surface area (Å²) in [5.41, 5.74) is 6.65. The van der Waals surface area contributed by atoms with Gasteiger partial charge >= 0.3 is 0 Å². The van der Waals surface area contributed by atoms with Gasteiger partial charge in [0.2, 0.25) is 0 Å². The minimum atomic E-state index is 0. The molecule has 0 amide bonds. The standard InChI is InChI=1S/C45H85N9.9ClH/c1-38(2)32-49-22-8-16-46-19-11-25-52-35-41-14-7-15-44(29-41)45-30-42(36-53-26-12-20-47-17-9-23-50-33-39(3)4)28-43(31-45)37-54-27-13-21-48-18-10-24-51-34-40(5)6;;;;;;;;;/h7,14-15,28-31,38-40,46-54H,8-13,16-27,32-37H2,1-6H3;9*1H. The molecule has 18 heteroatoms. The Morgan fingerprint density at radius 3 is 0.889 bits per heavy atom. The number of rotatable bonds is 37. The summed E-state index contributed by atoms with van der Waals surface area (Å²) < 4.78 is 0. The number of nitrogens with one attached hydrogen (secondary N) is 9. The maximum Gasteiger partial charge on any atom is 0.0205 e. The summed E-state index contributed by atoms with van der Waals surface area (Å²) in [6.07, 6.45) is 6.96. The molecule has 0 spiro atoms. The molecular formula is C45H94Cl9N9. The van der Waals surface area contributed by atoms with Gasteiger partial charge < -0.3 is 47.9 Å². The van der Waals surface area contributed by atoms with Crippen LogP contribution < -0.4 is 47.9 Å². The summed E-state index contributed by atoms with van der Waals surface area (Å²) in [6, 6.07) is 16.2. The Bertz CT molecular complexity index is 1130. The van der Waals surface area contributed by atoms with Gasteiger partial charge in [-0.3, -0.25) is 0 Å². The molecule has 0 aliphatic heterocycles. The van der Waals surface area contributed by atoms with Gasteiger partial charge in [0.05, 0.1) is 0 Å². The smallest absolute Gasteiger partial charge is 0.0205 e. The van der Waals surface area contributed by atoms with Gasteiger partial charge in [0.15, 0.2) is 0 Å². The van der Waals surface area contributed by atoms with Gasteiger partial charge in [0.25, 0.3) is 0 Å². The molecule has 0 saturated heterocycles. The normalized spacial score (nSPS) is 10.2. The fourth-order valence-corrected chi connectivity index (χ4v) is 6.27. The lowest BCUT2D eigenvalue weighted by Gasteiger charge is -2.14. The lowest BCUT2D eigenvalue weighted by Crippen LogP contribution is -2.26. The first-order chi connectivity index (χ1) is 26.3. The highest BCUT2D eigenvalue weighted by Gasteiger charge is 2.06. The Labute approximate surface area is 442 Å². The summed E-state index contributed by atoms with van der Waals surface area (Å²) in [5, 5.41) is 32.5. The average Bonchev–Trinajstić information content (AvgIpc) is 3.14. The summed E-state index contributed by atoms with van der Waals surface area (Å²) >= 11 is 0. The van der Waals surface area contributed by atoms with Crippen LogP contribution in [0, 0.1) is 17.8 Å². The second-order valence-electron chi connectivity index (χ2n) is 16.4. The van der Waals surface area contributed by atoms with Crippen molar-refractivity contribution in [1.29, 1.82) is 0 Å². The number of halogens is 9. The van der Waals surface area contributed by atoms with Crippen LogP contribution in [-0.4, -0.2) is 98.2 Å². The van der Waals surface area contributed by atoms with Crippen LogP contribution in [0.15, 0.2) is 42.5 Å². The predicted molar refractivity (Wildman–Crippen MR) is 302 cm³/mol. The zero-order chi connectivity index (χ0) is 38.9. The predicted octanol–water partition coefficient (Wildman–Crippen LogP) is 9.26. The van der Waals surface area contributed by atoms with E-state index in [2.05, 4.69) is 132 Å². The van der Waals surface area contributed by atoms with Crippen molar-refractivity contribution < 1.29 is 0 Å². The van der Waals surface area contributed by atoms with Crippen LogP contribution in [0.2, 0.25) is 0 Å². The third kappa shape index (κ3) is 48.9. The second-order valence-corrected chi connectivity index (χ2v) is 16.4. The molecule has 0 aliphatic carbocycles. The maximum absolute atomic E-state index is 3.72. The first kappa shape index (κ1) is 80.7. The SMILES string of the molecule is CC(C)CNCCCNCCCNCc1cccc(-c2cc(CNCCCNCCCNCC(C)C)cc(CNCCCNCCCNCC(C)C)c2)c1.Cl.Cl.Cl.Cl.Cl.Cl.Cl.Cl.Cl. The van der Waals surface area contributed by atoms with E-state index in [1.54, 1.807) is 0 Å². The molecule has 382 valence electrons. The fraction of sp³-hybridized carbons (Fsp3) is 0.733. The monoisotopic (exact) mass is 1080 g/mol. The van der Waals surface area contributed by atoms with Crippen LogP contribution in [0.3, 0.4) is 0 Å². The largest absolute Gasteiger partial charge is 0.317 e. The molecular weight excluding hydrogens is 986 g/mol. The second kappa shape index (κ2) is 57.0. The Morgan fingerprint density at radius 2 is 0.571 bits per heavy atom. The Hall–Kier alpha value is 0.690. The van der Waals surface area contributed by atoms with Gasteiger partial charge in [0.1, 0.15) is 0 Å². The van der Waals surface area contributed by atoms with E-state index in [4.69, 9.17) is 0 Å². The molecule has 0 aromatic heterocycles. The van der Waals surface area contributed by atoms with Gasteiger partial charge in [-0.25, -0.2) is 0 Å². The molecule has 0 radical (unpaired) electrons. The van der Waals surface area contributed by atoms with Crippen LogP contribution in [0.5, 0.6) is 0 Å². The molecule has 9 nitrogen and oxygen atoms in total.